The molecule has 1 aromatic heterocycles. The van der Waals surface area contributed by atoms with Crippen molar-refractivity contribution < 1.29 is 18.3 Å². The molecule has 0 aliphatic rings. The summed E-state index contributed by atoms with van der Waals surface area (Å²) in [4.78, 5) is 16.5. The van der Waals surface area contributed by atoms with E-state index in [1.165, 1.54) is 37.5 Å². The van der Waals surface area contributed by atoms with Crippen LogP contribution < -0.4 is 10.0 Å². The van der Waals surface area contributed by atoms with Crippen molar-refractivity contribution in [2.45, 2.75) is 30.9 Å². The Kier molecular flexibility index (Phi) is 6.60. The second kappa shape index (κ2) is 9.16. The lowest BCUT2D eigenvalue weighted by Gasteiger charge is -2.15. The number of rotatable bonds is 8. The Morgan fingerprint density at radius 3 is 2.33 bits per heavy atom. The maximum Gasteiger partial charge on any atom is 0.251 e. The number of sulfonamides is 1. The Balaban J connectivity index is 1.64. The van der Waals surface area contributed by atoms with E-state index in [0.717, 1.165) is 11.3 Å². The zero-order chi connectivity index (χ0) is 21.7. The number of hydrogen-bond acceptors (Lipinski definition) is 6. The van der Waals surface area contributed by atoms with Gasteiger partial charge in [0, 0.05) is 12.1 Å². The van der Waals surface area contributed by atoms with Gasteiger partial charge in [0.1, 0.15) is 12.7 Å². The highest BCUT2D eigenvalue weighted by Gasteiger charge is 2.16. The van der Waals surface area contributed by atoms with Crippen molar-refractivity contribution in [1.29, 1.82) is 0 Å². The van der Waals surface area contributed by atoms with E-state index in [4.69, 9.17) is 0 Å². The Hall–Kier alpha value is -3.08. The molecule has 0 saturated carbocycles. The predicted octanol–water partition coefficient (Wildman–Crippen LogP) is 1.42. The monoisotopic (exact) mass is 429 g/mol. The number of hydrogen-bond donors (Lipinski definition) is 3. The number of nitrogens with one attached hydrogen (secondary N) is 2. The van der Waals surface area contributed by atoms with E-state index in [2.05, 4.69) is 20.1 Å². The molecular formula is C20H23N5O4S. The fraction of sp³-hybridized carbons (Fsp3) is 0.250. The number of carbonyl (C=O) groups excluding carboxylic acids is 1. The molecule has 9 nitrogen and oxygen atoms in total. The van der Waals surface area contributed by atoms with E-state index in [-0.39, 0.29) is 23.4 Å². The van der Waals surface area contributed by atoms with Crippen LogP contribution in [0.2, 0.25) is 0 Å². The lowest BCUT2D eigenvalue weighted by molar-refractivity contribution is 0.0939. The smallest absolute Gasteiger partial charge is 0.251 e. The average molecular weight is 430 g/mol. The zero-order valence-corrected chi connectivity index (χ0v) is 17.4. The first-order valence-corrected chi connectivity index (χ1v) is 10.8. The van der Waals surface area contributed by atoms with Gasteiger partial charge in [-0.1, -0.05) is 12.1 Å². The van der Waals surface area contributed by atoms with Crippen LogP contribution in [0.25, 0.3) is 5.69 Å². The summed E-state index contributed by atoms with van der Waals surface area (Å²) in [5.74, 6) is -0.316. The molecule has 0 aliphatic heterocycles. The summed E-state index contributed by atoms with van der Waals surface area (Å²) in [7, 11) is -3.74. The van der Waals surface area contributed by atoms with Gasteiger partial charge in [0.15, 0.2) is 0 Å². The first-order valence-electron chi connectivity index (χ1n) is 9.30. The van der Waals surface area contributed by atoms with Crippen molar-refractivity contribution in [2.75, 3.05) is 6.54 Å². The minimum Gasteiger partial charge on any atom is -0.392 e. The zero-order valence-electron chi connectivity index (χ0n) is 16.6. The van der Waals surface area contributed by atoms with E-state index < -0.39 is 16.1 Å². The van der Waals surface area contributed by atoms with Gasteiger partial charge < -0.3 is 10.4 Å². The second-order valence-electron chi connectivity index (χ2n) is 6.85. The van der Waals surface area contributed by atoms with E-state index in [0.29, 0.717) is 5.56 Å². The van der Waals surface area contributed by atoms with Gasteiger partial charge in [0.25, 0.3) is 5.91 Å². The molecule has 2 unspecified atom stereocenters. The minimum absolute atomic E-state index is 0.0245. The normalized spacial score (nSPS) is 13.6. The summed E-state index contributed by atoms with van der Waals surface area (Å²) in [6, 6.07) is 12.9. The molecule has 0 radical (unpaired) electrons. The molecule has 3 N–H and O–H groups in total. The van der Waals surface area contributed by atoms with Crippen LogP contribution in [0.5, 0.6) is 0 Å². The molecular weight excluding hydrogens is 406 g/mol. The quantitative estimate of drug-likeness (QED) is 0.497. The van der Waals surface area contributed by atoms with Crippen molar-refractivity contribution in [3.63, 3.8) is 0 Å². The highest BCUT2D eigenvalue weighted by atomic mass is 32.2. The van der Waals surface area contributed by atoms with Crippen LogP contribution in [-0.4, -0.2) is 46.8 Å². The van der Waals surface area contributed by atoms with Gasteiger partial charge in [0.2, 0.25) is 10.0 Å². The molecule has 3 rings (SSSR count). The molecule has 3 aromatic rings. The van der Waals surface area contributed by atoms with Crippen LogP contribution in [0.1, 0.15) is 35.8 Å². The maximum absolute atomic E-state index is 12.5. The van der Waals surface area contributed by atoms with E-state index in [1.54, 1.807) is 11.0 Å². The van der Waals surface area contributed by atoms with E-state index in [9.17, 15) is 18.3 Å². The van der Waals surface area contributed by atoms with Gasteiger partial charge in [0.05, 0.1) is 22.7 Å². The summed E-state index contributed by atoms with van der Waals surface area (Å²) in [6.07, 6.45) is 2.26. The molecule has 1 heterocycles. The predicted molar refractivity (Wildman–Crippen MR) is 111 cm³/mol. The minimum atomic E-state index is -3.74. The molecule has 0 spiro atoms. The topological polar surface area (TPSA) is 126 Å². The first-order chi connectivity index (χ1) is 14.3. The molecule has 0 saturated heterocycles. The fourth-order valence-corrected chi connectivity index (χ4v) is 3.84. The number of amides is 1. The summed E-state index contributed by atoms with van der Waals surface area (Å²) in [6.45, 7) is 3.26. The van der Waals surface area contributed by atoms with Crippen LogP contribution in [-0.2, 0) is 10.0 Å². The third-order valence-electron chi connectivity index (χ3n) is 4.42. The number of aliphatic hydroxyl groups excluding tert-OH is 1. The highest BCUT2D eigenvalue weighted by Crippen LogP contribution is 2.17. The molecule has 1 amide bonds. The average Bonchev–Trinajstić information content (AvgIpc) is 3.27. The largest absolute Gasteiger partial charge is 0.392 e. The van der Waals surface area contributed by atoms with Crippen LogP contribution in [0.3, 0.4) is 0 Å². The Bertz CT molecular complexity index is 1080. The molecule has 0 fully saturated rings. The molecule has 10 heteroatoms. The number of aliphatic hydroxyl groups is 1. The van der Waals surface area contributed by atoms with E-state index in [1.807, 2.05) is 31.2 Å². The highest BCUT2D eigenvalue weighted by molar-refractivity contribution is 7.89. The van der Waals surface area contributed by atoms with Crippen molar-refractivity contribution in [2.24, 2.45) is 0 Å². The third-order valence-corrected chi connectivity index (χ3v) is 5.86. The van der Waals surface area contributed by atoms with Gasteiger partial charge in [-0.25, -0.2) is 22.8 Å². The molecule has 2 aromatic carbocycles. The third kappa shape index (κ3) is 5.29. The molecule has 0 aliphatic carbocycles. The molecule has 0 bridgehead atoms. The van der Waals surface area contributed by atoms with Gasteiger partial charge >= 0.3 is 0 Å². The van der Waals surface area contributed by atoms with Gasteiger partial charge in [-0.15, -0.1) is 0 Å². The van der Waals surface area contributed by atoms with Crippen LogP contribution in [0.15, 0.2) is 66.1 Å². The van der Waals surface area contributed by atoms with Gasteiger partial charge in [-0.3, -0.25) is 4.79 Å². The van der Waals surface area contributed by atoms with Crippen LogP contribution in [0, 0.1) is 0 Å². The number of aromatic nitrogens is 3. The summed E-state index contributed by atoms with van der Waals surface area (Å²) in [5, 5.41) is 16.2. The first kappa shape index (κ1) is 21.6. The number of nitrogens with zero attached hydrogens (tertiary/aromatic N) is 3. The number of carbonyl (C=O) groups is 1. The van der Waals surface area contributed by atoms with Crippen molar-refractivity contribution in [1.82, 2.24) is 24.8 Å². The summed E-state index contributed by atoms with van der Waals surface area (Å²) in [5.41, 5.74) is 2.11. The van der Waals surface area contributed by atoms with Crippen LogP contribution in [0.4, 0.5) is 0 Å². The molecule has 2 atom stereocenters. The molecule has 158 valence electrons. The Labute approximate surface area is 174 Å². The summed E-state index contributed by atoms with van der Waals surface area (Å²) >= 11 is 0. The maximum atomic E-state index is 12.5. The van der Waals surface area contributed by atoms with E-state index >= 15 is 0 Å². The Morgan fingerprint density at radius 1 is 1.10 bits per heavy atom. The van der Waals surface area contributed by atoms with Crippen molar-refractivity contribution in [3.8, 4) is 5.69 Å². The summed E-state index contributed by atoms with van der Waals surface area (Å²) < 4.78 is 28.3. The van der Waals surface area contributed by atoms with Crippen LogP contribution >= 0.6 is 0 Å². The SMILES string of the molecule is CC(O)CNS(=O)(=O)c1ccc(C(=O)NC(C)c2ccc(-n3cncn3)cc2)cc1. The van der Waals surface area contributed by atoms with Crippen molar-refractivity contribution >= 4 is 15.9 Å². The lowest BCUT2D eigenvalue weighted by Crippen LogP contribution is -2.30. The van der Waals surface area contributed by atoms with Gasteiger partial charge in [-0.2, -0.15) is 5.10 Å². The second-order valence-corrected chi connectivity index (χ2v) is 8.62. The lowest BCUT2D eigenvalue weighted by atomic mass is 10.1. The van der Waals surface area contributed by atoms with Gasteiger partial charge in [-0.05, 0) is 55.8 Å². The molecule has 30 heavy (non-hydrogen) atoms. The number of benzene rings is 2. The fourth-order valence-electron chi connectivity index (χ4n) is 2.72. The Morgan fingerprint density at radius 2 is 1.77 bits per heavy atom. The van der Waals surface area contributed by atoms with Crippen molar-refractivity contribution in [3.05, 3.63) is 72.3 Å². The standard InChI is InChI=1S/C20H23N5O4S/c1-14(26)11-23-30(28,29)19-9-5-17(6-10-19)20(27)24-15(2)16-3-7-18(8-4-16)25-13-21-12-22-25/h3-10,12-15,23,26H,11H2,1-2H3,(H,24,27).